The van der Waals surface area contributed by atoms with Crippen LogP contribution in [0.15, 0.2) is 53.6 Å². The molecule has 1 aliphatic heterocycles. The quantitative estimate of drug-likeness (QED) is 0.696. The second-order valence-corrected chi connectivity index (χ2v) is 8.78. The highest BCUT2D eigenvalue weighted by Crippen LogP contribution is 2.50. The van der Waals surface area contributed by atoms with Gasteiger partial charge < -0.3 is 10.8 Å². The van der Waals surface area contributed by atoms with Crippen molar-refractivity contribution in [1.82, 2.24) is 5.01 Å². The first-order valence-corrected chi connectivity index (χ1v) is 10.6. The van der Waals surface area contributed by atoms with Gasteiger partial charge >= 0.3 is 0 Å². The van der Waals surface area contributed by atoms with E-state index in [1.807, 2.05) is 30.3 Å². The van der Waals surface area contributed by atoms with E-state index in [0.717, 1.165) is 23.8 Å². The monoisotopic (exact) mass is 433 g/mol. The van der Waals surface area contributed by atoms with E-state index < -0.39 is 28.5 Å². The van der Waals surface area contributed by atoms with E-state index in [0.29, 0.717) is 19.4 Å². The van der Waals surface area contributed by atoms with Crippen LogP contribution in [-0.2, 0) is 9.67 Å². The molecule has 0 saturated carbocycles. The molecule has 160 valence electrons. The number of halogens is 2. The third-order valence-corrected chi connectivity index (χ3v) is 6.44. The smallest absolute Gasteiger partial charge is 0.273 e. The summed E-state index contributed by atoms with van der Waals surface area (Å²) in [4.78, 5) is 12.2. The van der Waals surface area contributed by atoms with Crippen LogP contribution in [0.25, 0.3) is 0 Å². The Morgan fingerprint density at radius 2 is 1.93 bits per heavy atom. The summed E-state index contributed by atoms with van der Waals surface area (Å²) >= 11 is 1.17. The Kier molecular flexibility index (Phi) is 6.90. The van der Waals surface area contributed by atoms with Gasteiger partial charge in [-0.25, -0.2) is 13.8 Å². The molecule has 2 unspecified atom stereocenters. The van der Waals surface area contributed by atoms with Crippen LogP contribution in [0.2, 0.25) is 0 Å². The fourth-order valence-electron chi connectivity index (χ4n) is 3.33. The number of hydrogen-bond acceptors (Lipinski definition) is 5. The lowest BCUT2D eigenvalue weighted by Gasteiger charge is -2.37. The van der Waals surface area contributed by atoms with Gasteiger partial charge in [0.15, 0.2) is 0 Å². The zero-order valence-corrected chi connectivity index (χ0v) is 17.7. The molecule has 5 nitrogen and oxygen atoms in total. The topological polar surface area (TPSA) is 78.9 Å². The van der Waals surface area contributed by atoms with Crippen molar-refractivity contribution in [3.05, 3.63) is 71.3 Å². The van der Waals surface area contributed by atoms with E-state index in [-0.39, 0.29) is 16.5 Å². The average Bonchev–Trinajstić information content (AvgIpc) is 3.14. The second kappa shape index (κ2) is 9.24. The fraction of sp³-hybridized carbons (Fsp3) is 0.364. The van der Waals surface area contributed by atoms with E-state index in [9.17, 15) is 18.7 Å². The number of hydrazone groups is 1. The third kappa shape index (κ3) is 4.26. The second-order valence-electron chi connectivity index (χ2n) is 7.51. The van der Waals surface area contributed by atoms with Crippen molar-refractivity contribution >= 4 is 22.7 Å². The van der Waals surface area contributed by atoms with E-state index in [4.69, 9.17) is 5.73 Å². The Hall–Kier alpha value is -2.29. The highest BCUT2D eigenvalue weighted by molar-refractivity contribution is 8.15. The number of amides is 1. The molecule has 0 fully saturated rings. The van der Waals surface area contributed by atoms with Crippen molar-refractivity contribution in [2.45, 2.75) is 37.7 Å². The number of hydrogen-bond donors (Lipinski definition) is 2. The summed E-state index contributed by atoms with van der Waals surface area (Å²) in [6.07, 6.45) is -0.289. The van der Waals surface area contributed by atoms with Gasteiger partial charge in [-0.15, -0.1) is 0 Å². The van der Waals surface area contributed by atoms with Crippen molar-refractivity contribution in [3.8, 4) is 0 Å². The Labute approximate surface area is 179 Å². The molecule has 0 aliphatic carbocycles. The van der Waals surface area contributed by atoms with Crippen LogP contribution in [0, 0.1) is 17.6 Å². The molecule has 0 spiro atoms. The minimum atomic E-state index is -1.29. The number of nitrogens with zero attached hydrogens (tertiary/aromatic N) is 2. The predicted octanol–water partition coefficient (Wildman–Crippen LogP) is 3.81. The molecular weight excluding hydrogens is 408 g/mol. The van der Waals surface area contributed by atoms with Crippen LogP contribution >= 0.6 is 11.8 Å². The fourth-order valence-corrected chi connectivity index (χ4v) is 4.75. The molecule has 8 heteroatoms. The molecule has 30 heavy (non-hydrogen) atoms. The first-order chi connectivity index (χ1) is 14.3. The van der Waals surface area contributed by atoms with Gasteiger partial charge in [0, 0.05) is 5.56 Å². The number of aliphatic hydroxyl groups excluding tert-OH is 1. The number of aliphatic hydroxyl groups is 1. The van der Waals surface area contributed by atoms with Gasteiger partial charge in [0.2, 0.25) is 0 Å². The van der Waals surface area contributed by atoms with Crippen molar-refractivity contribution < 1.29 is 18.7 Å². The molecule has 0 saturated heterocycles. The van der Waals surface area contributed by atoms with Crippen LogP contribution in [-0.4, -0.2) is 33.7 Å². The number of benzene rings is 2. The molecule has 1 amide bonds. The largest absolute Gasteiger partial charge is 0.383 e. The highest BCUT2D eigenvalue weighted by Gasteiger charge is 2.50. The van der Waals surface area contributed by atoms with E-state index >= 15 is 0 Å². The molecule has 0 aromatic heterocycles. The van der Waals surface area contributed by atoms with Crippen molar-refractivity contribution in [3.63, 3.8) is 0 Å². The van der Waals surface area contributed by atoms with Crippen LogP contribution < -0.4 is 5.73 Å². The molecular formula is C22H25F2N3O2S. The lowest BCUT2D eigenvalue weighted by Crippen LogP contribution is -2.47. The van der Waals surface area contributed by atoms with Crippen LogP contribution in [0.5, 0.6) is 0 Å². The van der Waals surface area contributed by atoms with Gasteiger partial charge in [-0.2, -0.15) is 5.10 Å². The zero-order chi connectivity index (χ0) is 21.9. The number of carbonyl (C=O) groups excluding carboxylic acids is 1. The molecule has 0 radical (unpaired) electrons. The Morgan fingerprint density at radius 3 is 2.57 bits per heavy atom. The van der Waals surface area contributed by atoms with Gasteiger partial charge in [-0.05, 0) is 49.1 Å². The van der Waals surface area contributed by atoms with Gasteiger partial charge in [-0.1, -0.05) is 55.9 Å². The Bertz CT molecular complexity index is 939. The van der Waals surface area contributed by atoms with E-state index in [2.05, 4.69) is 5.10 Å². The number of carbonyl (C=O) groups is 1. The minimum Gasteiger partial charge on any atom is -0.383 e. The number of nitrogens with two attached hydrogens (primary N) is 1. The maximum absolute atomic E-state index is 14.5. The molecule has 0 bridgehead atoms. The van der Waals surface area contributed by atoms with Crippen LogP contribution in [0.3, 0.4) is 0 Å². The first kappa shape index (κ1) is 22.4. The maximum Gasteiger partial charge on any atom is 0.273 e. The zero-order valence-electron chi connectivity index (χ0n) is 16.9. The van der Waals surface area contributed by atoms with Gasteiger partial charge in [0.05, 0.1) is 0 Å². The van der Waals surface area contributed by atoms with Crippen molar-refractivity contribution in [2.24, 2.45) is 16.8 Å². The summed E-state index contributed by atoms with van der Waals surface area (Å²) in [5.41, 5.74) is 6.50. The molecule has 1 heterocycles. The van der Waals surface area contributed by atoms with Crippen LogP contribution in [0.4, 0.5) is 8.78 Å². The molecule has 3 N–H and O–H groups in total. The van der Waals surface area contributed by atoms with Gasteiger partial charge in [-0.3, -0.25) is 4.79 Å². The third-order valence-electron chi connectivity index (χ3n) is 5.00. The van der Waals surface area contributed by atoms with Crippen molar-refractivity contribution in [2.75, 3.05) is 6.54 Å². The minimum absolute atomic E-state index is 0.0256. The maximum atomic E-state index is 14.5. The lowest BCUT2D eigenvalue weighted by molar-refractivity contribution is -0.146. The number of rotatable bonds is 7. The molecule has 1 aliphatic rings. The molecule has 2 aromatic carbocycles. The summed E-state index contributed by atoms with van der Waals surface area (Å²) in [5, 5.41) is 16.3. The highest BCUT2D eigenvalue weighted by atomic mass is 32.2. The summed E-state index contributed by atoms with van der Waals surface area (Å²) in [6, 6.07) is 12.4. The molecule has 2 atom stereocenters. The average molecular weight is 434 g/mol. The summed E-state index contributed by atoms with van der Waals surface area (Å²) < 4.78 is 28.3. The summed E-state index contributed by atoms with van der Waals surface area (Å²) in [6.45, 7) is 3.84. The Morgan fingerprint density at radius 1 is 1.23 bits per heavy atom. The number of thioether (sulfide) groups is 1. The lowest BCUT2D eigenvalue weighted by atomic mass is 9.98. The van der Waals surface area contributed by atoms with Crippen LogP contribution in [0.1, 0.15) is 37.8 Å². The summed E-state index contributed by atoms with van der Waals surface area (Å²) in [5.74, 6) is -2.17. The van der Waals surface area contributed by atoms with Gasteiger partial charge in [0.25, 0.3) is 5.91 Å². The Balaban J connectivity index is 2.16. The SMILES string of the molecule is CC(C)C(O)C(=O)N1N=C(c2cc(F)ccc2F)SC1(CCCN)c1ccccc1. The van der Waals surface area contributed by atoms with Gasteiger partial charge in [0.1, 0.15) is 27.7 Å². The van der Waals surface area contributed by atoms with E-state index in [1.54, 1.807) is 13.8 Å². The summed E-state index contributed by atoms with van der Waals surface area (Å²) in [7, 11) is 0. The molecule has 2 aromatic rings. The first-order valence-electron chi connectivity index (χ1n) is 9.81. The standard InChI is InChI=1S/C22H25F2N3O2S/c1-14(2)19(28)21(29)27-22(11-6-12-25,15-7-4-3-5-8-15)30-20(26-27)17-13-16(23)9-10-18(17)24/h3-5,7-10,13-14,19,28H,6,11-12,25H2,1-2H3. The predicted molar refractivity (Wildman–Crippen MR) is 115 cm³/mol. The normalized spacial score (nSPS) is 19.8. The van der Waals surface area contributed by atoms with Crippen molar-refractivity contribution in [1.29, 1.82) is 0 Å². The van der Waals surface area contributed by atoms with E-state index in [1.165, 1.54) is 16.8 Å². The molecule has 3 rings (SSSR count).